The summed E-state index contributed by atoms with van der Waals surface area (Å²) in [7, 11) is 0. The Hall–Kier alpha value is -1.77. The highest BCUT2D eigenvalue weighted by molar-refractivity contribution is 7.13. The quantitative estimate of drug-likeness (QED) is 0.773. The molecule has 3 aliphatic heterocycles. The number of fused-ring (bicyclic) bond motifs is 2. The highest BCUT2D eigenvalue weighted by atomic mass is 32.1. The predicted molar refractivity (Wildman–Crippen MR) is 104 cm³/mol. The van der Waals surface area contributed by atoms with Crippen LogP contribution in [-0.4, -0.2) is 47.9 Å². The van der Waals surface area contributed by atoms with E-state index >= 15 is 0 Å². The summed E-state index contributed by atoms with van der Waals surface area (Å²) in [5, 5.41) is 4.69. The summed E-state index contributed by atoms with van der Waals surface area (Å²) in [6.45, 7) is 2.59. The number of ether oxygens (including phenoxy) is 1. The average molecular weight is 404 g/mol. The van der Waals surface area contributed by atoms with Gasteiger partial charge in [-0.3, -0.25) is 14.5 Å². The van der Waals surface area contributed by atoms with Crippen LogP contribution in [0.3, 0.4) is 0 Å². The summed E-state index contributed by atoms with van der Waals surface area (Å²) in [5.74, 6) is -0.173. The van der Waals surface area contributed by atoms with Crippen molar-refractivity contribution in [2.75, 3.05) is 31.1 Å². The lowest BCUT2D eigenvalue weighted by Crippen LogP contribution is -2.49. The first-order chi connectivity index (χ1) is 13.2. The van der Waals surface area contributed by atoms with Crippen LogP contribution in [0.15, 0.2) is 23.0 Å². The van der Waals surface area contributed by atoms with E-state index in [9.17, 15) is 9.59 Å². The van der Waals surface area contributed by atoms with Gasteiger partial charge in [0.25, 0.3) is 0 Å². The van der Waals surface area contributed by atoms with Crippen LogP contribution in [0.4, 0.5) is 5.13 Å². The number of aromatic nitrogens is 1. The second-order valence-electron chi connectivity index (χ2n) is 7.40. The number of carbonyl (C=O) groups is 2. The Morgan fingerprint density at radius 3 is 2.89 bits per heavy atom. The maximum atomic E-state index is 13.0. The monoisotopic (exact) mass is 403 g/mol. The molecular weight excluding hydrogens is 382 g/mol. The SMILES string of the molecule is O=C(C1CC(=O)N(c2nccs2)C1)N1CCC2(CC1)OCCc1sccc12. The molecule has 0 bridgehead atoms. The Labute approximate surface area is 165 Å². The molecule has 8 heteroatoms. The molecule has 1 spiro atoms. The number of amides is 2. The van der Waals surface area contributed by atoms with Crippen molar-refractivity contribution in [3.05, 3.63) is 33.5 Å². The summed E-state index contributed by atoms with van der Waals surface area (Å²) in [6, 6.07) is 2.19. The fourth-order valence-corrected chi connectivity index (χ4v) is 6.14. The molecule has 6 nitrogen and oxygen atoms in total. The lowest BCUT2D eigenvalue weighted by molar-refractivity contribution is -0.144. The van der Waals surface area contributed by atoms with Gasteiger partial charge in [0.1, 0.15) is 0 Å². The zero-order valence-electron chi connectivity index (χ0n) is 14.9. The van der Waals surface area contributed by atoms with E-state index in [1.54, 1.807) is 11.1 Å². The number of nitrogens with zero attached hydrogens (tertiary/aromatic N) is 3. The van der Waals surface area contributed by atoms with Crippen LogP contribution in [0.2, 0.25) is 0 Å². The fourth-order valence-electron chi connectivity index (χ4n) is 4.52. The van der Waals surface area contributed by atoms with E-state index in [-0.39, 0.29) is 29.8 Å². The molecule has 0 saturated carbocycles. The van der Waals surface area contributed by atoms with Crippen LogP contribution in [0, 0.1) is 5.92 Å². The van der Waals surface area contributed by atoms with Crippen LogP contribution in [0.5, 0.6) is 0 Å². The Kier molecular flexibility index (Phi) is 4.29. The molecule has 0 aromatic carbocycles. The standard InChI is InChI=1S/C19H21N3O3S2/c23-16-11-13(12-22(16)18-20-5-10-27-18)17(24)21-6-3-19(4-7-21)14-2-9-26-15(14)1-8-25-19/h2,5,9-10,13H,1,3-4,6-8,11-12H2. The Bertz CT molecular complexity index is 855. The van der Waals surface area contributed by atoms with Gasteiger partial charge < -0.3 is 9.64 Å². The van der Waals surface area contributed by atoms with E-state index < -0.39 is 0 Å². The number of thiazole rings is 1. The summed E-state index contributed by atoms with van der Waals surface area (Å²) in [4.78, 5) is 34.6. The molecule has 27 heavy (non-hydrogen) atoms. The van der Waals surface area contributed by atoms with Gasteiger partial charge in [-0.05, 0) is 29.9 Å². The number of rotatable bonds is 2. The Morgan fingerprint density at radius 1 is 1.26 bits per heavy atom. The van der Waals surface area contributed by atoms with Crippen molar-refractivity contribution in [1.82, 2.24) is 9.88 Å². The van der Waals surface area contributed by atoms with Crippen molar-refractivity contribution in [2.24, 2.45) is 5.92 Å². The lowest BCUT2D eigenvalue weighted by Gasteiger charge is -2.44. The molecule has 1 atom stereocenters. The van der Waals surface area contributed by atoms with Crippen LogP contribution < -0.4 is 4.90 Å². The molecule has 0 N–H and O–H groups in total. The Morgan fingerprint density at radius 2 is 2.11 bits per heavy atom. The van der Waals surface area contributed by atoms with Crippen LogP contribution in [0.1, 0.15) is 29.7 Å². The van der Waals surface area contributed by atoms with Crippen LogP contribution in [0.25, 0.3) is 0 Å². The summed E-state index contributed by atoms with van der Waals surface area (Å²) in [6.07, 6.45) is 4.63. The first-order valence-electron chi connectivity index (χ1n) is 9.36. The molecule has 3 aliphatic rings. The number of carbonyl (C=O) groups excluding carboxylic acids is 2. The number of hydrogen-bond acceptors (Lipinski definition) is 6. The van der Waals surface area contributed by atoms with Crippen LogP contribution in [-0.2, 0) is 26.3 Å². The van der Waals surface area contributed by atoms with Crippen molar-refractivity contribution >= 4 is 39.6 Å². The number of piperidine rings is 1. The second kappa shape index (κ2) is 6.68. The summed E-state index contributed by atoms with van der Waals surface area (Å²) < 4.78 is 6.23. The van der Waals surface area contributed by atoms with Crippen molar-refractivity contribution in [1.29, 1.82) is 0 Å². The zero-order valence-corrected chi connectivity index (χ0v) is 16.6. The maximum Gasteiger partial charge on any atom is 0.229 e. The molecule has 2 aromatic rings. The number of hydrogen-bond donors (Lipinski definition) is 0. The van der Waals surface area contributed by atoms with Gasteiger partial charge in [0.15, 0.2) is 5.13 Å². The second-order valence-corrected chi connectivity index (χ2v) is 9.27. The smallest absolute Gasteiger partial charge is 0.229 e. The third kappa shape index (κ3) is 2.90. The van der Waals surface area contributed by atoms with Crippen molar-refractivity contribution in [3.63, 3.8) is 0 Å². The minimum atomic E-state index is -0.264. The van der Waals surface area contributed by atoms with Crippen molar-refractivity contribution in [3.8, 4) is 0 Å². The third-order valence-corrected chi connectivity index (χ3v) is 7.73. The van der Waals surface area contributed by atoms with Crippen LogP contribution >= 0.6 is 22.7 Å². The highest BCUT2D eigenvalue weighted by Crippen LogP contribution is 2.43. The van der Waals surface area contributed by atoms with E-state index in [2.05, 4.69) is 16.4 Å². The van der Waals surface area contributed by atoms with E-state index in [4.69, 9.17) is 4.74 Å². The minimum absolute atomic E-state index is 0.00434. The highest BCUT2D eigenvalue weighted by Gasteiger charge is 2.44. The number of likely N-dealkylation sites (tertiary alicyclic amines) is 1. The molecule has 2 fully saturated rings. The van der Waals surface area contributed by atoms with E-state index in [0.29, 0.717) is 24.8 Å². The first-order valence-corrected chi connectivity index (χ1v) is 11.1. The molecule has 0 aliphatic carbocycles. The van der Waals surface area contributed by atoms with E-state index in [1.165, 1.54) is 21.8 Å². The number of thiophene rings is 1. The van der Waals surface area contributed by atoms with E-state index in [1.807, 2.05) is 21.6 Å². The summed E-state index contributed by atoms with van der Waals surface area (Å²) in [5.41, 5.74) is 1.11. The largest absolute Gasteiger partial charge is 0.370 e. The normalized spacial score (nSPS) is 24.4. The zero-order chi connectivity index (χ0) is 18.4. The van der Waals surface area contributed by atoms with Gasteiger partial charge in [-0.15, -0.1) is 22.7 Å². The number of anilines is 1. The molecule has 1 unspecified atom stereocenters. The van der Waals surface area contributed by atoms with Gasteiger partial charge >= 0.3 is 0 Å². The average Bonchev–Trinajstić information content (AvgIpc) is 3.42. The molecule has 142 valence electrons. The fraction of sp³-hybridized carbons (Fsp3) is 0.526. The predicted octanol–water partition coefficient (Wildman–Crippen LogP) is 2.65. The van der Waals surface area contributed by atoms with Gasteiger partial charge in [-0.2, -0.15) is 0 Å². The molecule has 2 amide bonds. The molecule has 0 radical (unpaired) electrons. The third-order valence-electron chi connectivity index (χ3n) is 5.95. The molecule has 2 aromatic heterocycles. The molecule has 2 saturated heterocycles. The Balaban J connectivity index is 1.26. The molecular formula is C19H21N3O3S2. The molecule has 5 heterocycles. The topological polar surface area (TPSA) is 62.7 Å². The lowest BCUT2D eigenvalue weighted by atomic mass is 9.82. The van der Waals surface area contributed by atoms with Gasteiger partial charge in [-0.1, -0.05) is 0 Å². The first kappa shape index (κ1) is 17.3. The van der Waals surface area contributed by atoms with Crippen molar-refractivity contribution < 1.29 is 14.3 Å². The minimum Gasteiger partial charge on any atom is -0.370 e. The summed E-state index contributed by atoms with van der Waals surface area (Å²) >= 11 is 3.25. The van der Waals surface area contributed by atoms with Gasteiger partial charge in [0.05, 0.1) is 18.1 Å². The maximum absolute atomic E-state index is 13.0. The molecule has 5 rings (SSSR count). The van der Waals surface area contributed by atoms with Gasteiger partial charge in [-0.25, -0.2) is 4.98 Å². The van der Waals surface area contributed by atoms with E-state index in [0.717, 1.165) is 25.9 Å². The van der Waals surface area contributed by atoms with Gasteiger partial charge in [0, 0.05) is 48.9 Å². The van der Waals surface area contributed by atoms with Crippen molar-refractivity contribution in [2.45, 2.75) is 31.3 Å². The van der Waals surface area contributed by atoms with Gasteiger partial charge in [0.2, 0.25) is 11.8 Å².